The van der Waals surface area contributed by atoms with Crippen LogP contribution < -0.4 is 4.72 Å². The maximum atomic E-state index is 13.8. The third-order valence-corrected chi connectivity index (χ3v) is 8.01. The molecular weight excluding hydrogens is 428 g/mol. The summed E-state index contributed by atoms with van der Waals surface area (Å²) in [6.45, 7) is -0.683. The average Bonchev–Trinajstić information content (AvgIpc) is 2.51. The van der Waals surface area contributed by atoms with Gasteiger partial charge in [0, 0.05) is 12.0 Å². The smallest absolute Gasteiger partial charge is 0.281 e. The Labute approximate surface area is 150 Å². The van der Waals surface area contributed by atoms with Gasteiger partial charge in [-0.15, -0.1) is 0 Å². The monoisotopic (exact) mass is 443 g/mol. The molecule has 0 aromatic carbocycles. The van der Waals surface area contributed by atoms with E-state index in [1.54, 1.807) is 0 Å². The first-order valence-electron chi connectivity index (χ1n) is 7.79. The fourth-order valence-corrected chi connectivity index (χ4v) is 6.01. The minimum atomic E-state index is -7.01. The molecule has 0 heterocycles. The molecule has 0 saturated heterocycles. The van der Waals surface area contributed by atoms with Crippen molar-refractivity contribution in [3.05, 3.63) is 11.6 Å². The van der Waals surface area contributed by atoms with Crippen molar-refractivity contribution < 1.29 is 47.7 Å². The van der Waals surface area contributed by atoms with E-state index in [4.69, 9.17) is 4.55 Å². The Bertz CT molecular complexity index is 900. The number of nitrogens with one attached hydrogen (secondary N) is 1. The molecule has 2 N–H and O–H groups in total. The van der Waals surface area contributed by atoms with Crippen LogP contribution in [0.25, 0.3) is 0 Å². The van der Waals surface area contributed by atoms with Crippen LogP contribution in [0, 0.1) is 17.3 Å². The quantitative estimate of drug-likeness (QED) is 0.358. The highest BCUT2D eigenvalue weighted by molar-refractivity contribution is 7.90. The fraction of sp³-hybridized carbons (Fsp3) is 0.846. The summed E-state index contributed by atoms with van der Waals surface area (Å²) in [7, 11) is -13.4. The Balaban J connectivity index is 1.84. The molecule has 2 saturated carbocycles. The predicted octanol–water partition coefficient (Wildman–Crippen LogP) is 2.36. The van der Waals surface area contributed by atoms with Gasteiger partial charge in [0.2, 0.25) is 0 Å². The zero-order valence-corrected chi connectivity index (χ0v) is 15.1. The second kappa shape index (κ2) is 5.60. The second-order valence-corrected chi connectivity index (χ2v) is 10.6. The first-order valence-corrected chi connectivity index (χ1v) is 10.7. The van der Waals surface area contributed by atoms with Crippen molar-refractivity contribution in [2.24, 2.45) is 17.3 Å². The molecule has 0 radical (unpaired) electrons. The normalized spacial score (nSPS) is 31.4. The van der Waals surface area contributed by atoms with Gasteiger partial charge >= 0.3 is 26.5 Å². The SMILES string of the molecule is O=S(=O)(O)C(F)(F)C(F)(F)C(F)(F)S(=O)(=O)NCC12CC3CC=C1C(C3)C2. The van der Waals surface area contributed by atoms with Crippen molar-refractivity contribution in [3.63, 3.8) is 0 Å². The van der Waals surface area contributed by atoms with E-state index in [1.165, 1.54) is 4.72 Å². The summed E-state index contributed by atoms with van der Waals surface area (Å²) in [5.41, 5.74) is 0.0292. The summed E-state index contributed by atoms with van der Waals surface area (Å²) in [4.78, 5) is 0. The van der Waals surface area contributed by atoms with Crippen molar-refractivity contribution in [1.29, 1.82) is 0 Å². The summed E-state index contributed by atoms with van der Waals surface area (Å²) in [6.07, 6.45) is 4.38. The van der Waals surface area contributed by atoms with Crippen LogP contribution in [0.2, 0.25) is 0 Å². The molecule has 14 heteroatoms. The molecule has 4 rings (SSSR count). The van der Waals surface area contributed by atoms with E-state index in [0.29, 0.717) is 12.8 Å². The summed E-state index contributed by atoms with van der Waals surface area (Å²) in [5.74, 6) is -6.53. The van der Waals surface area contributed by atoms with Crippen molar-refractivity contribution in [1.82, 2.24) is 4.72 Å². The number of alkyl halides is 6. The van der Waals surface area contributed by atoms with Gasteiger partial charge < -0.3 is 0 Å². The Morgan fingerprint density at radius 2 is 1.67 bits per heavy atom. The Kier molecular flexibility index (Phi) is 4.33. The predicted molar refractivity (Wildman–Crippen MR) is 79.3 cm³/mol. The zero-order valence-electron chi connectivity index (χ0n) is 13.4. The number of rotatable bonds is 7. The highest BCUT2D eigenvalue weighted by Gasteiger charge is 2.82. The molecule has 3 atom stereocenters. The van der Waals surface area contributed by atoms with Crippen molar-refractivity contribution in [3.8, 4) is 0 Å². The van der Waals surface area contributed by atoms with Gasteiger partial charge in [0.25, 0.3) is 10.0 Å². The molecule has 4 aliphatic carbocycles. The second-order valence-electron chi connectivity index (χ2n) is 7.29. The third kappa shape index (κ3) is 2.66. The highest BCUT2D eigenvalue weighted by atomic mass is 32.2. The van der Waals surface area contributed by atoms with Crippen LogP contribution in [0.3, 0.4) is 0 Å². The number of hydrogen-bond donors (Lipinski definition) is 2. The molecule has 6 nitrogen and oxygen atoms in total. The van der Waals surface area contributed by atoms with Gasteiger partial charge in [-0.25, -0.2) is 13.1 Å². The van der Waals surface area contributed by atoms with Crippen LogP contribution in [0.1, 0.15) is 25.7 Å². The van der Waals surface area contributed by atoms with Crippen LogP contribution in [0.5, 0.6) is 0 Å². The number of fused-ring (bicyclic) bond motifs is 1. The molecule has 0 aromatic rings. The van der Waals surface area contributed by atoms with E-state index in [1.807, 2.05) is 6.08 Å². The Morgan fingerprint density at radius 1 is 1.07 bits per heavy atom. The van der Waals surface area contributed by atoms with Crippen LogP contribution >= 0.6 is 0 Å². The Morgan fingerprint density at radius 3 is 2.11 bits per heavy atom. The molecule has 2 fully saturated rings. The number of allylic oxidation sites excluding steroid dienone is 1. The van der Waals surface area contributed by atoms with Gasteiger partial charge in [0.1, 0.15) is 0 Å². The minimum absolute atomic E-state index is 0.174. The Hall–Kier alpha value is -0.860. The number of halogens is 6. The van der Waals surface area contributed by atoms with Crippen molar-refractivity contribution in [2.75, 3.05) is 6.54 Å². The molecular formula is C13H15F6NO5S2. The molecule has 0 aliphatic heterocycles. The summed E-state index contributed by atoms with van der Waals surface area (Å²) >= 11 is 0. The van der Waals surface area contributed by atoms with Gasteiger partial charge in [-0.2, -0.15) is 34.8 Å². The maximum Gasteiger partial charge on any atom is 0.439 e. The molecule has 0 aromatic heterocycles. The zero-order chi connectivity index (χ0) is 20.7. The first kappa shape index (κ1) is 20.9. The van der Waals surface area contributed by atoms with Crippen LogP contribution in [0.15, 0.2) is 11.6 Å². The summed E-state index contributed by atoms with van der Waals surface area (Å²) in [6, 6.07) is 0. The largest absolute Gasteiger partial charge is 0.439 e. The van der Waals surface area contributed by atoms with E-state index in [9.17, 15) is 43.2 Å². The minimum Gasteiger partial charge on any atom is -0.281 e. The van der Waals surface area contributed by atoms with Crippen molar-refractivity contribution in [2.45, 2.75) is 42.1 Å². The van der Waals surface area contributed by atoms with Gasteiger partial charge in [0.05, 0.1) is 0 Å². The molecule has 4 aliphatic rings. The summed E-state index contributed by atoms with van der Waals surface area (Å²) < 4.78 is 135. The van der Waals surface area contributed by atoms with Gasteiger partial charge in [-0.05, 0) is 37.5 Å². The lowest BCUT2D eigenvalue weighted by molar-refractivity contribution is -0.246. The van der Waals surface area contributed by atoms with E-state index in [2.05, 4.69) is 0 Å². The molecule has 3 unspecified atom stereocenters. The van der Waals surface area contributed by atoms with Crippen molar-refractivity contribution >= 4 is 20.1 Å². The molecule has 27 heavy (non-hydrogen) atoms. The van der Waals surface area contributed by atoms with E-state index < -0.39 is 48.5 Å². The number of sulfonamides is 1. The lowest BCUT2D eigenvalue weighted by Crippen LogP contribution is -2.64. The third-order valence-electron chi connectivity index (χ3n) is 5.65. The summed E-state index contributed by atoms with van der Waals surface area (Å²) in [5, 5.41) is -13.2. The average molecular weight is 443 g/mol. The van der Waals surface area contributed by atoms with Gasteiger partial charge in [-0.1, -0.05) is 11.6 Å². The van der Waals surface area contributed by atoms with Gasteiger partial charge in [0.15, 0.2) is 0 Å². The van der Waals surface area contributed by atoms with Gasteiger partial charge in [-0.3, -0.25) is 4.55 Å². The maximum absolute atomic E-state index is 13.8. The van der Waals surface area contributed by atoms with E-state index in [0.717, 1.165) is 18.4 Å². The molecule has 0 amide bonds. The van der Waals surface area contributed by atoms with E-state index in [-0.39, 0.29) is 11.8 Å². The standard InChI is InChI=1S/C13H15F6NO5S2/c14-11(15,13(18,19)27(23,24)25)12(16,17)26(21,22)20-6-10-4-7-1-2-9(10)8(3-7)5-10/h2,7-8,20H,1,3-6H2,(H,23,24,25). The lowest BCUT2D eigenvalue weighted by Gasteiger charge is -2.60. The van der Waals surface area contributed by atoms with Crippen LogP contribution in [-0.4, -0.2) is 44.4 Å². The molecule has 4 bridgehead atoms. The van der Waals surface area contributed by atoms with Crippen LogP contribution in [-0.2, 0) is 20.1 Å². The van der Waals surface area contributed by atoms with E-state index >= 15 is 0 Å². The topological polar surface area (TPSA) is 101 Å². The fourth-order valence-electron chi connectivity index (χ4n) is 4.38. The van der Waals surface area contributed by atoms with Crippen LogP contribution in [0.4, 0.5) is 26.3 Å². The highest BCUT2D eigenvalue weighted by Crippen LogP contribution is 2.65. The first-order chi connectivity index (χ1) is 12.0. The molecule has 0 spiro atoms. The molecule has 156 valence electrons. The lowest BCUT2D eigenvalue weighted by atomic mass is 9.45. The number of hydrogen-bond acceptors (Lipinski definition) is 4.